The highest BCUT2D eigenvalue weighted by Crippen LogP contribution is 2.21. The molecule has 0 aromatic carbocycles. The second-order valence-electron chi connectivity index (χ2n) is 4.08. The number of anilines is 1. The minimum Gasteiger partial charge on any atom is -0.480 e. The number of carboxylic acid groups (broad SMARTS) is 1. The Morgan fingerprint density at radius 3 is 3.11 bits per heavy atom. The van der Waals surface area contributed by atoms with E-state index in [0.717, 1.165) is 6.42 Å². The van der Waals surface area contributed by atoms with Crippen LogP contribution >= 0.6 is 11.3 Å². The predicted octanol–water partition coefficient (Wildman–Crippen LogP) is -0.0820. The Bertz CT molecular complexity index is 452. The van der Waals surface area contributed by atoms with Crippen LogP contribution < -0.4 is 16.4 Å². The lowest BCUT2D eigenvalue weighted by Gasteiger charge is -2.22. The summed E-state index contributed by atoms with van der Waals surface area (Å²) in [4.78, 5) is 25.8. The van der Waals surface area contributed by atoms with E-state index in [2.05, 4.69) is 15.6 Å². The van der Waals surface area contributed by atoms with Crippen molar-refractivity contribution in [2.45, 2.75) is 24.9 Å². The molecule has 1 aromatic rings. The summed E-state index contributed by atoms with van der Waals surface area (Å²) < 4.78 is 0. The maximum Gasteiger partial charge on any atom is 0.326 e. The molecular weight excluding hydrogens is 256 g/mol. The van der Waals surface area contributed by atoms with E-state index < -0.39 is 12.0 Å². The van der Waals surface area contributed by atoms with Gasteiger partial charge in [-0.15, -0.1) is 11.3 Å². The van der Waals surface area contributed by atoms with Gasteiger partial charge in [0.05, 0.1) is 5.69 Å². The van der Waals surface area contributed by atoms with E-state index in [9.17, 15) is 9.59 Å². The third-order valence-electron chi connectivity index (χ3n) is 2.70. The Balaban J connectivity index is 1.94. The topological polar surface area (TPSA) is 117 Å². The Kier molecular flexibility index (Phi) is 3.78. The molecule has 1 aliphatic heterocycles. The largest absolute Gasteiger partial charge is 0.480 e. The number of carboxylic acids is 1. The van der Waals surface area contributed by atoms with Gasteiger partial charge in [0.25, 0.3) is 0 Å². The SMILES string of the molecule is NC(C(=O)O)c1csc(NC2CCC(=O)NC2)n1. The number of aromatic nitrogens is 1. The molecule has 8 heteroatoms. The highest BCUT2D eigenvalue weighted by atomic mass is 32.1. The smallest absolute Gasteiger partial charge is 0.326 e. The molecule has 1 fully saturated rings. The molecule has 2 atom stereocenters. The van der Waals surface area contributed by atoms with Crippen LogP contribution in [0.2, 0.25) is 0 Å². The van der Waals surface area contributed by atoms with Crippen LogP contribution in [0.3, 0.4) is 0 Å². The molecular formula is C10H14N4O3S. The maximum atomic E-state index is 11.0. The number of carbonyl (C=O) groups is 2. The summed E-state index contributed by atoms with van der Waals surface area (Å²) in [5.41, 5.74) is 5.80. The summed E-state index contributed by atoms with van der Waals surface area (Å²) in [6.45, 7) is 0.554. The van der Waals surface area contributed by atoms with Gasteiger partial charge in [-0.1, -0.05) is 0 Å². The molecule has 18 heavy (non-hydrogen) atoms. The second kappa shape index (κ2) is 5.32. The highest BCUT2D eigenvalue weighted by Gasteiger charge is 2.21. The predicted molar refractivity (Wildman–Crippen MR) is 66.3 cm³/mol. The van der Waals surface area contributed by atoms with Crippen LogP contribution in [0.15, 0.2) is 5.38 Å². The number of rotatable bonds is 4. The van der Waals surface area contributed by atoms with E-state index in [1.165, 1.54) is 11.3 Å². The van der Waals surface area contributed by atoms with Crippen LogP contribution in [-0.4, -0.2) is 34.6 Å². The quantitative estimate of drug-likeness (QED) is 0.608. The molecule has 1 aromatic heterocycles. The molecule has 2 unspecified atom stereocenters. The molecule has 0 bridgehead atoms. The number of nitrogens with one attached hydrogen (secondary N) is 2. The molecule has 2 rings (SSSR count). The Labute approximate surface area is 107 Å². The first-order valence-corrected chi connectivity index (χ1v) is 6.41. The lowest BCUT2D eigenvalue weighted by molar-refractivity contribution is -0.138. The van der Waals surface area contributed by atoms with Crippen LogP contribution in [0.4, 0.5) is 5.13 Å². The van der Waals surface area contributed by atoms with E-state index in [1.807, 2.05) is 0 Å². The minimum absolute atomic E-state index is 0.0563. The number of nitrogens with zero attached hydrogens (tertiary/aromatic N) is 1. The lowest BCUT2D eigenvalue weighted by atomic mass is 10.1. The summed E-state index contributed by atoms with van der Waals surface area (Å²) in [5.74, 6) is -1.04. The number of hydrogen-bond acceptors (Lipinski definition) is 6. The fourth-order valence-corrected chi connectivity index (χ4v) is 2.48. The average Bonchev–Trinajstić information content (AvgIpc) is 2.79. The van der Waals surface area contributed by atoms with Crippen molar-refractivity contribution in [3.8, 4) is 0 Å². The first-order valence-electron chi connectivity index (χ1n) is 5.53. The third-order valence-corrected chi connectivity index (χ3v) is 3.49. The third kappa shape index (κ3) is 2.96. The van der Waals surface area contributed by atoms with Crippen molar-refractivity contribution in [1.82, 2.24) is 10.3 Å². The number of aliphatic carboxylic acids is 1. The van der Waals surface area contributed by atoms with Crippen LogP contribution in [0.25, 0.3) is 0 Å². The number of nitrogens with two attached hydrogens (primary N) is 1. The summed E-state index contributed by atoms with van der Waals surface area (Å²) >= 11 is 1.31. The standard InChI is InChI=1S/C10H14N4O3S/c11-8(9(16)17)6-4-18-10(14-6)13-5-1-2-7(15)12-3-5/h4-5,8H,1-3,11H2,(H,12,15)(H,13,14)(H,16,17). The molecule has 0 saturated carbocycles. The zero-order chi connectivity index (χ0) is 13.1. The molecule has 2 heterocycles. The normalized spacial score (nSPS) is 21.2. The van der Waals surface area contributed by atoms with Crippen LogP contribution in [0.5, 0.6) is 0 Å². The van der Waals surface area contributed by atoms with Crippen molar-refractivity contribution < 1.29 is 14.7 Å². The van der Waals surface area contributed by atoms with Crippen LogP contribution in [0, 0.1) is 0 Å². The average molecular weight is 270 g/mol. The summed E-state index contributed by atoms with van der Waals surface area (Å²) in [5, 5.41) is 16.9. The zero-order valence-corrected chi connectivity index (χ0v) is 10.4. The van der Waals surface area contributed by atoms with Gasteiger partial charge in [-0.25, -0.2) is 4.98 Å². The monoisotopic (exact) mass is 270 g/mol. The number of amides is 1. The van der Waals surface area contributed by atoms with Gasteiger partial charge in [-0.05, 0) is 6.42 Å². The summed E-state index contributed by atoms with van der Waals surface area (Å²) in [7, 11) is 0. The fraction of sp³-hybridized carbons (Fsp3) is 0.500. The molecule has 1 amide bonds. The van der Waals surface area contributed by atoms with Gasteiger partial charge in [-0.2, -0.15) is 0 Å². The maximum absolute atomic E-state index is 11.0. The zero-order valence-electron chi connectivity index (χ0n) is 9.55. The summed E-state index contributed by atoms with van der Waals surface area (Å²) in [6, 6.07) is -0.967. The van der Waals surface area contributed by atoms with Crippen molar-refractivity contribution in [3.05, 3.63) is 11.1 Å². The highest BCUT2D eigenvalue weighted by molar-refractivity contribution is 7.13. The molecule has 0 spiro atoms. The molecule has 1 saturated heterocycles. The van der Waals surface area contributed by atoms with Gasteiger partial charge in [0.1, 0.15) is 6.04 Å². The number of thiazole rings is 1. The van der Waals surface area contributed by atoms with Gasteiger partial charge in [0, 0.05) is 24.4 Å². The van der Waals surface area contributed by atoms with Crippen LogP contribution in [0.1, 0.15) is 24.6 Å². The van der Waals surface area contributed by atoms with Gasteiger partial charge in [0.15, 0.2) is 5.13 Å². The molecule has 0 radical (unpaired) electrons. The van der Waals surface area contributed by atoms with E-state index in [0.29, 0.717) is 23.8 Å². The van der Waals surface area contributed by atoms with E-state index >= 15 is 0 Å². The van der Waals surface area contributed by atoms with Crippen LogP contribution in [-0.2, 0) is 9.59 Å². The molecule has 5 N–H and O–H groups in total. The molecule has 0 aliphatic carbocycles. The lowest BCUT2D eigenvalue weighted by Crippen LogP contribution is -2.41. The van der Waals surface area contributed by atoms with Crippen molar-refractivity contribution in [3.63, 3.8) is 0 Å². The van der Waals surface area contributed by atoms with Crippen molar-refractivity contribution in [2.75, 3.05) is 11.9 Å². The first-order chi connectivity index (χ1) is 8.56. The van der Waals surface area contributed by atoms with Gasteiger partial charge < -0.3 is 21.5 Å². The Hall–Kier alpha value is -1.67. The van der Waals surface area contributed by atoms with E-state index in [-0.39, 0.29) is 11.9 Å². The molecule has 1 aliphatic rings. The van der Waals surface area contributed by atoms with Gasteiger partial charge in [-0.3, -0.25) is 9.59 Å². The van der Waals surface area contributed by atoms with Crippen molar-refractivity contribution >= 4 is 28.3 Å². The number of carbonyl (C=O) groups excluding carboxylic acids is 1. The first kappa shape index (κ1) is 12.8. The van der Waals surface area contributed by atoms with Gasteiger partial charge in [0.2, 0.25) is 5.91 Å². The second-order valence-corrected chi connectivity index (χ2v) is 4.94. The fourth-order valence-electron chi connectivity index (χ4n) is 1.65. The molecule has 7 nitrogen and oxygen atoms in total. The minimum atomic E-state index is -1.10. The Morgan fingerprint density at radius 2 is 2.50 bits per heavy atom. The number of piperidine rings is 1. The van der Waals surface area contributed by atoms with Gasteiger partial charge >= 0.3 is 5.97 Å². The molecule has 98 valence electrons. The summed E-state index contributed by atoms with van der Waals surface area (Å²) in [6.07, 6.45) is 1.23. The number of hydrogen-bond donors (Lipinski definition) is 4. The van der Waals surface area contributed by atoms with E-state index in [4.69, 9.17) is 10.8 Å². The Morgan fingerprint density at radius 1 is 1.72 bits per heavy atom. The van der Waals surface area contributed by atoms with Crippen molar-refractivity contribution in [1.29, 1.82) is 0 Å². The van der Waals surface area contributed by atoms with E-state index in [1.54, 1.807) is 5.38 Å². The van der Waals surface area contributed by atoms with Crippen molar-refractivity contribution in [2.24, 2.45) is 5.73 Å².